The van der Waals surface area contributed by atoms with Gasteiger partial charge in [0, 0.05) is 11.8 Å². The Morgan fingerprint density at radius 3 is 3.06 bits per heavy atom. The van der Waals surface area contributed by atoms with Crippen LogP contribution in [0.2, 0.25) is 0 Å². The van der Waals surface area contributed by atoms with Gasteiger partial charge in [-0.1, -0.05) is 0 Å². The van der Waals surface area contributed by atoms with Crippen molar-refractivity contribution in [3.05, 3.63) is 22.2 Å². The summed E-state index contributed by atoms with van der Waals surface area (Å²) in [5.74, 6) is 0.413. The standard InChI is InChI=1S/C11H16ClN3O3/c1-7-4-15(10(17)14-9(7)13)8-2-3-11(5-12,6-16)18-8/h4,8,16H,2-3,5-6H2,1H3,(H2,13,14,17). The zero-order valence-corrected chi connectivity index (χ0v) is 10.9. The van der Waals surface area contributed by atoms with Crippen molar-refractivity contribution in [3.8, 4) is 0 Å². The van der Waals surface area contributed by atoms with Gasteiger partial charge in [-0.2, -0.15) is 4.98 Å². The Bertz CT molecular complexity index is 499. The average molecular weight is 274 g/mol. The quantitative estimate of drug-likeness (QED) is 0.779. The molecule has 0 saturated carbocycles. The smallest absolute Gasteiger partial charge is 0.351 e. The zero-order chi connectivity index (χ0) is 13.3. The van der Waals surface area contributed by atoms with Gasteiger partial charge in [-0.3, -0.25) is 4.57 Å². The van der Waals surface area contributed by atoms with Crippen molar-refractivity contribution >= 4 is 17.4 Å². The first-order valence-corrected chi connectivity index (χ1v) is 6.25. The largest absolute Gasteiger partial charge is 0.393 e. The van der Waals surface area contributed by atoms with Gasteiger partial charge < -0.3 is 15.6 Å². The first-order chi connectivity index (χ1) is 8.51. The van der Waals surface area contributed by atoms with Crippen LogP contribution in [0.25, 0.3) is 0 Å². The lowest BCUT2D eigenvalue weighted by molar-refractivity contribution is -0.0859. The molecule has 2 rings (SSSR count). The van der Waals surface area contributed by atoms with Gasteiger partial charge in [0.2, 0.25) is 0 Å². The number of hydrogen-bond donors (Lipinski definition) is 2. The van der Waals surface area contributed by atoms with Crippen molar-refractivity contribution < 1.29 is 9.84 Å². The molecule has 6 nitrogen and oxygen atoms in total. The fourth-order valence-electron chi connectivity index (χ4n) is 2.03. The van der Waals surface area contributed by atoms with Crippen LogP contribution in [-0.2, 0) is 4.74 Å². The number of aliphatic hydroxyl groups excluding tert-OH is 1. The Labute approximate surface area is 109 Å². The van der Waals surface area contributed by atoms with Crippen LogP contribution in [0.5, 0.6) is 0 Å². The number of aromatic nitrogens is 2. The summed E-state index contributed by atoms with van der Waals surface area (Å²) in [4.78, 5) is 15.5. The summed E-state index contributed by atoms with van der Waals surface area (Å²) in [7, 11) is 0. The lowest BCUT2D eigenvalue weighted by atomic mass is 10.0. The highest BCUT2D eigenvalue weighted by atomic mass is 35.5. The maximum Gasteiger partial charge on any atom is 0.351 e. The molecule has 2 unspecified atom stereocenters. The molecule has 7 heteroatoms. The van der Waals surface area contributed by atoms with E-state index >= 15 is 0 Å². The first kappa shape index (κ1) is 13.3. The van der Waals surface area contributed by atoms with Crippen molar-refractivity contribution in [1.82, 2.24) is 9.55 Å². The number of nitrogens with zero attached hydrogens (tertiary/aromatic N) is 2. The van der Waals surface area contributed by atoms with Crippen LogP contribution in [0, 0.1) is 6.92 Å². The summed E-state index contributed by atoms with van der Waals surface area (Å²) in [6, 6.07) is 0. The number of rotatable bonds is 3. The van der Waals surface area contributed by atoms with E-state index in [1.54, 1.807) is 13.1 Å². The van der Waals surface area contributed by atoms with E-state index in [-0.39, 0.29) is 18.3 Å². The molecule has 0 aromatic carbocycles. The molecule has 1 fully saturated rings. The summed E-state index contributed by atoms with van der Waals surface area (Å²) in [5, 5.41) is 9.32. The lowest BCUT2D eigenvalue weighted by Crippen LogP contribution is -2.36. The highest BCUT2D eigenvalue weighted by Crippen LogP contribution is 2.36. The van der Waals surface area contributed by atoms with Crippen LogP contribution in [0.1, 0.15) is 24.6 Å². The summed E-state index contributed by atoms with van der Waals surface area (Å²) in [6.07, 6.45) is 2.39. The van der Waals surface area contributed by atoms with Crippen molar-refractivity contribution in [1.29, 1.82) is 0 Å². The molecule has 1 aromatic heterocycles. The van der Waals surface area contributed by atoms with E-state index in [0.29, 0.717) is 18.4 Å². The second-order valence-electron chi connectivity index (χ2n) is 4.58. The molecule has 0 amide bonds. The molecule has 0 bridgehead atoms. The Kier molecular flexibility index (Phi) is 3.61. The van der Waals surface area contributed by atoms with Crippen molar-refractivity contribution in [2.24, 2.45) is 0 Å². The second kappa shape index (κ2) is 4.87. The van der Waals surface area contributed by atoms with E-state index < -0.39 is 17.5 Å². The predicted octanol–water partition coefficient (Wildman–Crippen LogP) is 0.413. The molecule has 2 atom stereocenters. The zero-order valence-electron chi connectivity index (χ0n) is 10.1. The van der Waals surface area contributed by atoms with Crippen LogP contribution >= 0.6 is 11.6 Å². The monoisotopic (exact) mass is 273 g/mol. The molecule has 3 N–H and O–H groups in total. The molecule has 2 heterocycles. The van der Waals surface area contributed by atoms with Gasteiger partial charge in [-0.25, -0.2) is 4.79 Å². The van der Waals surface area contributed by atoms with Crippen molar-refractivity contribution in [2.45, 2.75) is 31.6 Å². The molecular formula is C11H16ClN3O3. The SMILES string of the molecule is Cc1cn(C2CCC(CO)(CCl)O2)c(=O)nc1N. The van der Waals surface area contributed by atoms with Crippen LogP contribution in [0.3, 0.4) is 0 Å². The predicted molar refractivity (Wildman–Crippen MR) is 67.5 cm³/mol. The van der Waals surface area contributed by atoms with Crippen molar-refractivity contribution in [2.75, 3.05) is 18.2 Å². The Morgan fingerprint density at radius 1 is 1.78 bits per heavy atom. The summed E-state index contributed by atoms with van der Waals surface area (Å²) in [6.45, 7) is 1.61. The molecule has 100 valence electrons. The van der Waals surface area contributed by atoms with E-state index in [9.17, 15) is 9.90 Å². The number of anilines is 1. The highest BCUT2D eigenvalue weighted by Gasteiger charge is 2.40. The number of ether oxygens (including phenoxy) is 1. The van der Waals surface area contributed by atoms with E-state index in [4.69, 9.17) is 22.1 Å². The van der Waals surface area contributed by atoms with Gasteiger partial charge in [0.05, 0.1) is 12.5 Å². The van der Waals surface area contributed by atoms with E-state index in [2.05, 4.69) is 4.98 Å². The minimum atomic E-state index is -0.763. The van der Waals surface area contributed by atoms with Gasteiger partial charge >= 0.3 is 5.69 Å². The number of aliphatic hydroxyl groups is 1. The maximum atomic E-state index is 11.8. The second-order valence-corrected chi connectivity index (χ2v) is 4.85. The fraction of sp³-hybridized carbons (Fsp3) is 0.636. The highest BCUT2D eigenvalue weighted by molar-refractivity contribution is 6.18. The number of hydrogen-bond acceptors (Lipinski definition) is 5. The Balaban J connectivity index is 2.30. The number of alkyl halides is 1. The number of nitrogens with two attached hydrogens (primary N) is 1. The molecule has 1 aliphatic rings. The summed E-state index contributed by atoms with van der Waals surface area (Å²) >= 11 is 5.81. The third-order valence-electron chi connectivity index (χ3n) is 3.25. The minimum absolute atomic E-state index is 0.164. The van der Waals surface area contributed by atoms with Crippen LogP contribution in [0.4, 0.5) is 5.82 Å². The normalized spacial score (nSPS) is 27.6. The Hall–Kier alpha value is -1.11. The van der Waals surface area contributed by atoms with Gasteiger partial charge in [-0.15, -0.1) is 11.6 Å². The van der Waals surface area contributed by atoms with Crippen LogP contribution in [-0.4, -0.2) is 32.7 Å². The summed E-state index contributed by atoms with van der Waals surface area (Å²) in [5.41, 5.74) is 5.07. The summed E-state index contributed by atoms with van der Waals surface area (Å²) < 4.78 is 7.11. The minimum Gasteiger partial charge on any atom is -0.393 e. The van der Waals surface area contributed by atoms with Gasteiger partial charge in [0.1, 0.15) is 17.6 Å². The molecular weight excluding hydrogens is 258 g/mol. The third kappa shape index (κ3) is 2.23. The third-order valence-corrected chi connectivity index (χ3v) is 3.74. The molecule has 18 heavy (non-hydrogen) atoms. The van der Waals surface area contributed by atoms with E-state index in [1.165, 1.54) is 4.57 Å². The van der Waals surface area contributed by atoms with E-state index in [0.717, 1.165) is 0 Å². The lowest BCUT2D eigenvalue weighted by Gasteiger charge is -2.25. The van der Waals surface area contributed by atoms with Gasteiger partial charge in [0.25, 0.3) is 0 Å². The maximum absolute atomic E-state index is 11.8. The topological polar surface area (TPSA) is 90.4 Å². The van der Waals surface area contributed by atoms with Gasteiger partial charge in [0.15, 0.2) is 0 Å². The van der Waals surface area contributed by atoms with Gasteiger partial charge in [-0.05, 0) is 19.8 Å². The number of aryl methyl sites for hydroxylation is 1. The average Bonchev–Trinajstić information content (AvgIpc) is 2.79. The first-order valence-electron chi connectivity index (χ1n) is 5.71. The van der Waals surface area contributed by atoms with Crippen LogP contribution < -0.4 is 11.4 Å². The van der Waals surface area contributed by atoms with Crippen LogP contribution in [0.15, 0.2) is 11.0 Å². The van der Waals surface area contributed by atoms with Crippen molar-refractivity contribution in [3.63, 3.8) is 0 Å². The number of nitrogen functional groups attached to an aromatic ring is 1. The van der Waals surface area contributed by atoms with E-state index in [1.807, 2.05) is 0 Å². The Morgan fingerprint density at radius 2 is 2.50 bits per heavy atom. The fourth-order valence-corrected chi connectivity index (χ4v) is 2.31. The number of halogens is 1. The molecule has 0 radical (unpaired) electrons. The molecule has 0 spiro atoms. The molecule has 1 aliphatic heterocycles. The molecule has 0 aliphatic carbocycles. The molecule has 1 aromatic rings. The molecule has 1 saturated heterocycles.